The molecule has 0 fully saturated rings. The second-order valence-corrected chi connectivity index (χ2v) is 5.16. The molecule has 21 heavy (non-hydrogen) atoms. The molecule has 2 rings (SSSR count). The Kier molecular flexibility index (Phi) is 4.59. The van der Waals surface area contributed by atoms with Crippen molar-refractivity contribution in [1.29, 1.82) is 0 Å². The van der Waals surface area contributed by atoms with Crippen LogP contribution in [-0.2, 0) is 0 Å². The van der Waals surface area contributed by atoms with Crippen LogP contribution in [0.1, 0.15) is 31.0 Å². The molecule has 0 bridgehead atoms. The van der Waals surface area contributed by atoms with Gasteiger partial charge in [-0.2, -0.15) is 5.10 Å². The molecule has 0 spiro atoms. The smallest absolute Gasteiger partial charge is 0.252 e. The van der Waals surface area contributed by atoms with Crippen LogP contribution in [0, 0.1) is 0 Å². The lowest BCUT2D eigenvalue weighted by molar-refractivity contribution is 0.475. The number of nitrogens with zero attached hydrogens (tertiary/aromatic N) is 2. The third kappa shape index (κ3) is 4.06. The highest BCUT2D eigenvalue weighted by Crippen LogP contribution is 2.22. The number of aromatic nitrogens is 2. The Balaban J connectivity index is 2.13. The van der Waals surface area contributed by atoms with Gasteiger partial charge in [0.05, 0.1) is 16.9 Å². The minimum absolute atomic E-state index is 0.0115. The molecule has 1 aromatic heterocycles. The number of anilines is 1. The number of aromatic amines is 1. The summed E-state index contributed by atoms with van der Waals surface area (Å²) in [5.41, 5.74) is 3.81. The van der Waals surface area contributed by atoms with Crippen LogP contribution in [0.25, 0.3) is 0 Å². The summed E-state index contributed by atoms with van der Waals surface area (Å²) in [4.78, 5) is 18.3. The maximum absolute atomic E-state index is 11.5. The molecule has 1 heterocycles. The number of benzene rings is 1. The molecule has 0 radical (unpaired) electrons. The van der Waals surface area contributed by atoms with E-state index in [2.05, 4.69) is 20.5 Å². The van der Waals surface area contributed by atoms with Crippen LogP contribution in [0.4, 0.5) is 5.95 Å². The van der Waals surface area contributed by atoms with Crippen LogP contribution in [0.15, 0.2) is 34.2 Å². The fourth-order valence-electron chi connectivity index (χ4n) is 1.60. The summed E-state index contributed by atoms with van der Waals surface area (Å²) in [5, 5.41) is 13.5. The first-order valence-corrected chi connectivity index (χ1v) is 6.72. The number of nitrogens with one attached hydrogen (secondary N) is 2. The minimum Gasteiger partial charge on any atom is -0.506 e. The normalized spacial score (nSPS) is 11.2. The molecule has 110 valence electrons. The van der Waals surface area contributed by atoms with Crippen LogP contribution >= 0.6 is 11.6 Å². The number of aromatic hydroxyl groups is 1. The largest absolute Gasteiger partial charge is 0.506 e. The zero-order valence-corrected chi connectivity index (χ0v) is 12.3. The third-order valence-electron chi connectivity index (χ3n) is 2.71. The monoisotopic (exact) mass is 306 g/mol. The van der Waals surface area contributed by atoms with Gasteiger partial charge >= 0.3 is 0 Å². The van der Waals surface area contributed by atoms with E-state index >= 15 is 0 Å². The molecule has 0 atom stereocenters. The molecule has 1 aromatic carbocycles. The lowest BCUT2D eigenvalue weighted by Crippen LogP contribution is -2.12. The first-order valence-electron chi connectivity index (χ1n) is 6.34. The topological polar surface area (TPSA) is 90.4 Å². The first kappa shape index (κ1) is 15.1. The predicted molar refractivity (Wildman–Crippen MR) is 83.3 cm³/mol. The number of hydrazone groups is 1. The van der Waals surface area contributed by atoms with E-state index in [0.717, 1.165) is 0 Å². The van der Waals surface area contributed by atoms with Crippen molar-refractivity contribution < 1.29 is 5.11 Å². The molecule has 0 aliphatic heterocycles. The second kappa shape index (κ2) is 6.41. The van der Waals surface area contributed by atoms with Gasteiger partial charge in [-0.3, -0.25) is 9.78 Å². The van der Waals surface area contributed by atoms with E-state index < -0.39 is 0 Å². The molecule has 7 heteroatoms. The summed E-state index contributed by atoms with van der Waals surface area (Å²) in [6.07, 6.45) is 1.51. The van der Waals surface area contributed by atoms with Gasteiger partial charge in [-0.25, -0.2) is 10.4 Å². The molecule has 0 amide bonds. The summed E-state index contributed by atoms with van der Waals surface area (Å²) in [7, 11) is 0. The molecule has 0 saturated carbocycles. The third-order valence-corrected chi connectivity index (χ3v) is 3.01. The molecule has 0 saturated heterocycles. The van der Waals surface area contributed by atoms with Crippen LogP contribution in [0.2, 0.25) is 5.02 Å². The average molecular weight is 307 g/mol. The van der Waals surface area contributed by atoms with Gasteiger partial charge in [-0.15, -0.1) is 0 Å². The Bertz CT molecular complexity index is 725. The zero-order valence-electron chi connectivity index (χ0n) is 11.6. The van der Waals surface area contributed by atoms with Gasteiger partial charge in [0.25, 0.3) is 5.56 Å². The lowest BCUT2D eigenvalue weighted by atomic mass is 10.1. The van der Waals surface area contributed by atoms with Crippen molar-refractivity contribution in [2.45, 2.75) is 19.8 Å². The van der Waals surface area contributed by atoms with Crippen molar-refractivity contribution in [2.24, 2.45) is 5.10 Å². The fraction of sp³-hybridized carbons (Fsp3) is 0.214. The average Bonchev–Trinajstić information content (AvgIpc) is 2.42. The fourth-order valence-corrected chi connectivity index (χ4v) is 1.79. The van der Waals surface area contributed by atoms with E-state index in [-0.39, 0.29) is 28.2 Å². The summed E-state index contributed by atoms with van der Waals surface area (Å²) < 4.78 is 0. The van der Waals surface area contributed by atoms with E-state index in [9.17, 15) is 9.90 Å². The maximum atomic E-state index is 11.5. The van der Waals surface area contributed by atoms with Crippen molar-refractivity contribution in [3.8, 4) is 5.75 Å². The Hall–Kier alpha value is -2.34. The summed E-state index contributed by atoms with van der Waals surface area (Å²) in [6.45, 7) is 3.90. The number of hydrogen-bond donors (Lipinski definition) is 3. The second-order valence-electron chi connectivity index (χ2n) is 4.75. The highest BCUT2D eigenvalue weighted by Gasteiger charge is 2.04. The van der Waals surface area contributed by atoms with Crippen molar-refractivity contribution in [1.82, 2.24) is 9.97 Å². The minimum atomic E-state index is -0.237. The van der Waals surface area contributed by atoms with Gasteiger partial charge in [0.1, 0.15) is 5.75 Å². The van der Waals surface area contributed by atoms with E-state index in [1.54, 1.807) is 12.1 Å². The van der Waals surface area contributed by atoms with E-state index in [1.807, 2.05) is 13.8 Å². The molecule has 0 aliphatic rings. The molecule has 6 nitrogen and oxygen atoms in total. The molecule has 0 unspecified atom stereocenters. The highest BCUT2D eigenvalue weighted by atomic mass is 35.5. The number of phenolic OH excluding ortho intramolecular Hbond substituents is 1. The van der Waals surface area contributed by atoms with Crippen molar-refractivity contribution in [3.63, 3.8) is 0 Å². The number of rotatable bonds is 4. The molecule has 3 N–H and O–H groups in total. The van der Waals surface area contributed by atoms with E-state index in [1.165, 1.54) is 18.3 Å². The first-order chi connectivity index (χ1) is 9.95. The Labute approximate surface area is 126 Å². The quantitative estimate of drug-likeness (QED) is 0.598. The summed E-state index contributed by atoms with van der Waals surface area (Å²) in [5.74, 6) is 0.428. The standard InChI is InChI=1S/C14H15ClN4O2/c1-8(2)11-6-13(21)18-14(17-11)19-16-7-9-3-4-12(20)10(15)5-9/h3-8,20H,1-2H3,(H2,17,18,19,21)/b16-7-. The predicted octanol–water partition coefficient (Wildman–Crippen LogP) is 2.70. The number of hydrogen-bond acceptors (Lipinski definition) is 5. The summed E-state index contributed by atoms with van der Waals surface area (Å²) >= 11 is 5.79. The Morgan fingerprint density at radius 1 is 1.43 bits per heavy atom. The molecule has 0 aliphatic carbocycles. The van der Waals surface area contributed by atoms with Crippen LogP contribution in [0.3, 0.4) is 0 Å². The molecular weight excluding hydrogens is 292 g/mol. The van der Waals surface area contributed by atoms with Crippen molar-refractivity contribution >= 4 is 23.8 Å². The van der Waals surface area contributed by atoms with Crippen molar-refractivity contribution in [3.05, 3.63) is 50.9 Å². The molecular formula is C14H15ClN4O2. The van der Waals surface area contributed by atoms with Gasteiger partial charge in [0.2, 0.25) is 5.95 Å². The summed E-state index contributed by atoms with van der Waals surface area (Å²) in [6, 6.07) is 6.17. The van der Waals surface area contributed by atoms with E-state index in [4.69, 9.17) is 11.6 Å². The van der Waals surface area contributed by atoms with E-state index in [0.29, 0.717) is 11.3 Å². The maximum Gasteiger partial charge on any atom is 0.252 e. The zero-order chi connectivity index (χ0) is 15.4. The van der Waals surface area contributed by atoms with Crippen molar-refractivity contribution in [2.75, 3.05) is 5.43 Å². The SMILES string of the molecule is CC(C)c1cc(=O)[nH]c(N/N=C\c2ccc(O)c(Cl)c2)n1. The Morgan fingerprint density at radius 2 is 2.19 bits per heavy atom. The number of H-pyrrole nitrogens is 1. The molecule has 2 aromatic rings. The van der Waals surface area contributed by atoms with Gasteiger partial charge < -0.3 is 5.11 Å². The van der Waals surface area contributed by atoms with Crippen LogP contribution < -0.4 is 11.0 Å². The Morgan fingerprint density at radius 3 is 2.86 bits per heavy atom. The number of halogens is 1. The van der Waals surface area contributed by atoms with Crippen LogP contribution in [0.5, 0.6) is 5.75 Å². The lowest BCUT2D eigenvalue weighted by Gasteiger charge is -2.05. The van der Waals surface area contributed by atoms with Crippen LogP contribution in [-0.4, -0.2) is 21.3 Å². The van der Waals surface area contributed by atoms with Gasteiger partial charge in [0, 0.05) is 6.07 Å². The van der Waals surface area contributed by atoms with Gasteiger partial charge in [-0.05, 0) is 29.7 Å². The highest BCUT2D eigenvalue weighted by molar-refractivity contribution is 6.32. The number of phenols is 1. The van der Waals surface area contributed by atoms with Gasteiger partial charge in [0.15, 0.2) is 0 Å². The van der Waals surface area contributed by atoms with Gasteiger partial charge in [-0.1, -0.05) is 25.4 Å².